The summed E-state index contributed by atoms with van der Waals surface area (Å²) in [5.41, 5.74) is 1.08. The zero-order chi connectivity index (χ0) is 14.1. The predicted octanol–water partition coefficient (Wildman–Crippen LogP) is 1.54. The smallest absolute Gasteiger partial charge is 0.328 e. The van der Waals surface area contributed by atoms with E-state index in [0.717, 1.165) is 19.4 Å². The lowest BCUT2D eigenvalue weighted by Crippen LogP contribution is -2.38. The van der Waals surface area contributed by atoms with Gasteiger partial charge in [0.15, 0.2) is 10.8 Å². The molecule has 0 spiro atoms. The maximum atomic E-state index is 12.0. The molecule has 1 N–H and O–H groups in total. The second kappa shape index (κ2) is 5.24. The van der Waals surface area contributed by atoms with Gasteiger partial charge in [-0.05, 0) is 19.8 Å². The van der Waals surface area contributed by atoms with Crippen LogP contribution in [0.25, 0.3) is 11.2 Å². The van der Waals surface area contributed by atoms with Gasteiger partial charge in [-0.1, -0.05) is 11.6 Å². The largest absolute Gasteiger partial charge is 0.464 e. The average molecular weight is 296 g/mol. The lowest BCUT2D eigenvalue weighted by molar-refractivity contribution is -0.144. The number of nitrogens with one attached hydrogen (secondary N) is 1. The number of anilines is 1. The van der Waals surface area contributed by atoms with Crippen LogP contribution in [-0.2, 0) is 9.53 Å². The number of carbonyl (C=O) groups excluding carboxylic acids is 1. The van der Waals surface area contributed by atoms with Crippen LogP contribution in [0.5, 0.6) is 0 Å². The first-order valence-corrected chi connectivity index (χ1v) is 6.88. The molecule has 1 saturated heterocycles. The predicted molar refractivity (Wildman–Crippen MR) is 73.7 cm³/mol. The van der Waals surface area contributed by atoms with Crippen molar-refractivity contribution in [1.82, 2.24) is 19.9 Å². The van der Waals surface area contributed by atoms with Gasteiger partial charge in [-0.2, -0.15) is 4.98 Å². The first-order chi connectivity index (χ1) is 9.70. The maximum absolute atomic E-state index is 12.0. The monoisotopic (exact) mass is 295 g/mol. The molecule has 7 nitrogen and oxygen atoms in total. The molecule has 1 fully saturated rings. The average Bonchev–Trinajstić information content (AvgIpc) is 3.05. The first-order valence-electron chi connectivity index (χ1n) is 6.50. The Balaban J connectivity index is 1.93. The molecule has 0 bridgehead atoms. The number of hydrogen-bond donors (Lipinski definition) is 1. The number of ether oxygens (including phenoxy) is 1. The molecule has 8 heteroatoms. The fourth-order valence-corrected chi connectivity index (χ4v) is 2.60. The molecule has 0 aliphatic carbocycles. The quantitative estimate of drug-likeness (QED) is 0.683. The van der Waals surface area contributed by atoms with Crippen LogP contribution in [0.15, 0.2) is 6.33 Å². The normalized spacial score (nSPS) is 18.7. The molecule has 0 radical (unpaired) electrons. The van der Waals surface area contributed by atoms with Gasteiger partial charge in [0.25, 0.3) is 0 Å². The SMILES string of the molecule is CCOC(=O)C1CCCN1c1nc2ncnc(Cl)c2[nH]1. The maximum Gasteiger partial charge on any atom is 0.328 e. The second-order valence-electron chi connectivity index (χ2n) is 4.53. The Morgan fingerprint density at radius 3 is 3.20 bits per heavy atom. The van der Waals surface area contributed by atoms with Gasteiger partial charge in [0.05, 0.1) is 6.61 Å². The molecule has 0 amide bonds. The van der Waals surface area contributed by atoms with Gasteiger partial charge < -0.3 is 14.6 Å². The van der Waals surface area contributed by atoms with Gasteiger partial charge in [0, 0.05) is 6.54 Å². The van der Waals surface area contributed by atoms with Crippen LogP contribution in [0.2, 0.25) is 5.15 Å². The van der Waals surface area contributed by atoms with Gasteiger partial charge in [-0.25, -0.2) is 14.8 Å². The highest BCUT2D eigenvalue weighted by atomic mass is 35.5. The lowest BCUT2D eigenvalue weighted by Gasteiger charge is -2.21. The van der Waals surface area contributed by atoms with Crippen molar-refractivity contribution in [2.75, 3.05) is 18.1 Å². The number of aromatic nitrogens is 4. The van der Waals surface area contributed by atoms with E-state index in [-0.39, 0.29) is 12.0 Å². The van der Waals surface area contributed by atoms with Crippen molar-refractivity contribution in [3.05, 3.63) is 11.5 Å². The fourth-order valence-electron chi connectivity index (χ4n) is 2.43. The van der Waals surface area contributed by atoms with Crippen LogP contribution in [0.4, 0.5) is 5.95 Å². The van der Waals surface area contributed by atoms with Crippen LogP contribution in [0, 0.1) is 0 Å². The van der Waals surface area contributed by atoms with Crippen LogP contribution < -0.4 is 4.90 Å². The number of carbonyl (C=O) groups is 1. The summed E-state index contributed by atoms with van der Waals surface area (Å²) >= 11 is 5.99. The summed E-state index contributed by atoms with van der Waals surface area (Å²) < 4.78 is 5.10. The number of aromatic amines is 1. The minimum Gasteiger partial charge on any atom is -0.464 e. The zero-order valence-corrected chi connectivity index (χ0v) is 11.7. The highest BCUT2D eigenvalue weighted by Crippen LogP contribution is 2.27. The Kier molecular flexibility index (Phi) is 3.43. The summed E-state index contributed by atoms with van der Waals surface area (Å²) in [6.07, 6.45) is 3.04. The molecule has 1 aliphatic heterocycles. The summed E-state index contributed by atoms with van der Waals surface area (Å²) in [7, 11) is 0. The first kappa shape index (κ1) is 13.1. The molecule has 106 valence electrons. The van der Waals surface area contributed by atoms with Crippen molar-refractivity contribution in [3.63, 3.8) is 0 Å². The number of nitrogens with zero attached hydrogens (tertiary/aromatic N) is 4. The molecule has 3 heterocycles. The third kappa shape index (κ3) is 2.18. The minimum absolute atomic E-state index is 0.220. The summed E-state index contributed by atoms with van der Waals surface area (Å²) in [5, 5.41) is 0.320. The summed E-state index contributed by atoms with van der Waals surface area (Å²) in [4.78, 5) is 29.3. The van der Waals surface area contributed by atoms with Crippen LogP contribution in [0.3, 0.4) is 0 Å². The van der Waals surface area contributed by atoms with Gasteiger partial charge in [0.2, 0.25) is 5.95 Å². The number of H-pyrrole nitrogens is 1. The second-order valence-corrected chi connectivity index (χ2v) is 4.88. The van der Waals surface area contributed by atoms with Crippen molar-refractivity contribution < 1.29 is 9.53 Å². The number of fused-ring (bicyclic) bond motifs is 1. The van der Waals surface area contributed by atoms with E-state index in [1.54, 1.807) is 6.92 Å². The molecule has 2 aromatic heterocycles. The van der Waals surface area contributed by atoms with E-state index in [2.05, 4.69) is 19.9 Å². The molecule has 0 saturated carbocycles. The Bertz CT molecular complexity index is 644. The summed E-state index contributed by atoms with van der Waals surface area (Å²) in [6.45, 7) is 2.92. The van der Waals surface area contributed by atoms with Gasteiger partial charge >= 0.3 is 5.97 Å². The van der Waals surface area contributed by atoms with E-state index in [0.29, 0.717) is 28.9 Å². The molecular weight excluding hydrogens is 282 g/mol. The fraction of sp³-hybridized carbons (Fsp3) is 0.500. The van der Waals surface area contributed by atoms with E-state index in [9.17, 15) is 4.79 Å². The van der Waals surface area contributed by atoms with Crippen molar-refractivity contribution in [2.24, 2.45) is 0 Å². The summed E-state index contributed by atoms with van der Waals surface area (Å²) in [5.74, 6) is 0.362. The highest BCUT2D eigenvalue weighted by Gasteiger charge is 2.33. The van der Waals surface area contributed by atoms with Crippen LogP contribution >= 0.6 is 11.6 Å². The van der Waals surface area contributed by atoms with Crippen molar-refractivity contribution in [2.45, 2.75) is 25.8 Å². The van der Waals surface area contributed by atoms with Gasteiger partial charge in [-0.15, -0.1) is 0 Å². The van der Waals surface area contributed by atoms with Crippen molar-refractivity contribution in [3.8, 4) is 0 Å². The van der Waals surface area contributed by atoms with Gasteiger partial charge in [0.1, 0.15) is 17.9 Å². The molecule has 1 aliphatic rings. The van der Waals surface area contributed by atoms with Crippen LogP contribution in [0.1, 0.15) is 19.8 Å². The molecule has 1 atom stereocenters. The van der Waals surface area contributed by atoms with Gasteiger partial charge in [-0.3, -0.25) is 0 Å². The molecule has 3 rings (SSSR count). The Labute approximate surface area is 120 Å². The Hall–Kier alpha value is -1.89. The Morgan fingerprint density at radius 1 is 1.60 bits per heavy atom. The standard InChI is InChI=1S/C12H14ClN5O2/c1-2-20-11(19)7-4-3-5-18(7)12-16-8-9(13)14-6-15-10(8)17-12/h6-7H,2-5H2,1H3,(H,14,15,16,17). The van der Waals surface area contributed by atoms with E-state index < -0.39 is 0 Å². The highest BCUT2D eigenvalue weighted by molar-refractivity contribution is 6.33. The Morgan fingerprint density at radius 2 is 2.45 bits per heavy atom. The summed E-state index contributed by atoms with van der Waals surface area (Å²) in [6, 6.07) is -0.303. The number of rotatable bonds is 3. The van der Waals surface area contributed by atoms with E-state index in [4.69, 9.17) is 16.3 Å². The van der Waals surface area contributed by atoms with Crippen molar-refractivity contribution in [1.29, 1.82) is 0 Å². The zero-order valence-electron chi connectivity index (χ0n) is 11.0. The van der Waals surface area contributed by atoms with E-state index in [1.807, 2.05) is 4.90 Å². The molecule has 20 heavy (non-hydrogen) atoms. The molecule has 2 aromatic rings. The minimum atomic E-state index is -0.303. The molecular formula is C12H14ClN5O2. The number of esters is 1. The molecule has 0 aromatic carbocycles. The third-order valence-electron chi connectivity index (χ3n) is 3.31. The number of hydrogen-bond acceptors (Lipinski definition) is 6. The van der Waals surface area contributed by atoms with Crippen LogP contribution in [-0.4, -0.2) is 45.1 Å². The number of imidazole rings is 1. The third-order valence-corrected chi connectivity index (χ3v) is 3.60. The topological polar surface area (TPSA) is 84.0 Å². The van der Waals surface area contributed by atoms with E-state index >= 15 is 0 Å². The lowest BCUT2D eigenvalue weighted by atomic mass is 10.2. The number of halogens is 1. The molecule has 1 unspecified atom stereocenters. The van der Waals surface area contributed by atoms with E-state index in [1.165, 1.54) is 6.33 Å². The van der Waals surface area contributed by atoms with Crippen molar-refractivity contribution >= 4 is 34.7 Å².